The maximum atomic E-state index is 6.82. The molecule has 1 atom stereocenters. The third-order valence-corrected chi connectivity index (χ3v) is 13.9. The summed E-state index contributed by atoms with van der Waals surface area (Å²) in [5.41, 5.74) is 21.9. The Hall–Kier alpha value is -6.12. The summed E-state index contributed by atoms with van der Waals surface area (Å²) in [6.45, 7) is 4.76. The second-order valence-electron chi connectivity index (χ2n) is 17.0. The van der Waals surface area contributed by atoms with Gasteiger partial charge in [-0.05, 0) is 118 Å². The Labute approximate surface area is 329 Å². The average Bonchev–Trinajstić information content (AvgIpc) is 3.97. The van der Waals surface area contributed by atoms with Crippen molar-refractivity contribution < 1.29 is 4.42 Å². The van der Waals surface area contributed by atoms with Crippen molar-refractivity contribution in [3.05, 3.63) is 196 Å². The van der Waals surface area contributed by atoms with Crippen molar-refractivity contribution in [2.24, 2.45) is 0 Å². The molecule has 2 heteroatoms. The van der Waals surface area contributed by atoms with E-state index >= 15 is 0 Å². The van der Waals surface area contributed by atoms with E-state index in [0.29, 0.717) is 0 Å². The van der Waals surface area contributed by atoms with Gasteiger partial charge in [-0.3, -0.25) is 0 Å². The third-order valence-electron chi connectivity index (χ3n) is 13.9. The van der Waals surface area contributed by atoms with Gasteiger partial charge in [0, 0.05) is 50.7 Å². The highest BCUT2D eigenvalue weighted by Gasteiger charge is 2.48. The van der Waals surface area contributed by atoms with Crippen molar-refractivity contribution in [3.63, 3.8) is 0 Å². The van der Waals surface area contributed by atoms with Crippen LogP contribution >= 0.6 is 0 Å². The number of anilines is 3. The lowest BCUT2D eigenvalue weighted by Crippen LogP contribution is -2.24. The van der Waals surface area contributed by atoms with Crippen LogP contribution in [0.1, 0.15) is 77.8 Å². The summed E-state index contributed by atoms with van der Waals surface area (Å²) >= 11 is 0. The smallest absolute Gasteiger partial charge is 0.142 e. The van der Waals surface area contributed by atoms with E-state index in [1.165, 1.54) is 102 Å². The summed E-state index contributed by atoms with van der Waals surface area (Å²) in [6.07, 6.45) is 6.69. The molecule has 0 N–H and O–H groups in total. The van der Waals surface area contributed by atoms with E-state index < -0.39 is 0 Å². The Morgan fingerprint density at radius 3 is 1.91 bits per heavy atom. The van der Waals surface area contributed by atoms with Crippen LogP contribution in [-0.4, -0.2) is 0 Å². The Balaban J connectivity index is 1.11. The van der Waals surface area contributed by atoms with Crippen LogP contribution in [0, 0.1) is 0 Å². The molecule has 4 aliphatic rings. The van der Waals surface area contributed by atoms with Crippen LogP contribution in [0.25, 0.3) is 44.3 Å². The first-order valence-corrected chi connectivity index (χ1v) is 20.5. The van der Waals surface area contributed by atoms with Gasteiger partial charge in [-0.15, -0.1) is 0 Å². The van der Waals surface area contributed by atoms with Crippen LogP contribution in [0.5, 0.6) is 0 Å². The Morgan fingerprint density at radius 1 is 0.482 bits per heavy atom. The first kappa shape index (κ1) is 32.2. The second-order valence-corrected chi connectivity index (χ2v) is 17.0. The summed E-state index contributed by atoms with van der Waals surface area (Å²) in [4.78, 5) is 2.54. The standard InChI is InChI=1S/C54H43NO/c1-53(2)46-22-9-4-15-37(46)39-28-26-35(32-48(39)53)55(50-24-11-6-17-41(50)43-19-13-20-44-42-18-7-12-25-51(42)56-52(43)44)36-27-29-40-38-16-5-10-23-47(38)54(49(40)33-36)31-30-34-14-3-8-21-45(34)54/h3-6,8-11,13-17,19-24,26-29,32-33H,7,12,18,25,30-31H2,1-2H3. The van der Waals surface area contributed by atoms with Crippen molar-refractivity contribution in [1.29, 1.82) is 0 Å². The lowest BCUT2D eigenvalue weighted by Gasteiger charge is -2.32. The molecule has 0 saturated carbocycles. The molecule has 1 aromatic heterocycles. The van der Waals surface area contributed by atoms with Crippen LogP contribution < -0.4 is 4.90 Å². The molecule has 0 amide bonds. The minimum absolute atomic E-state index is 0.122. The Kier molecular flexibility index (Phi) is 6.72. The molecule has 1 heterocycles. The maximum Gasteiger partial charge on any atom is 0.142 e. The molecule has 56 heavy (non-hydrogen) atoms. The van der Waals surface area contributed by atoms with Gasteiger partial charge in [0.1, 0.15) is 11.3 Å². The number of furan rings is 1. The van der Waals surface area contributed by atoms with E-state index in [1.54, 1.807) is 0 Å². The van der Waals surface area contributed by atoms with Gasteiger partial charge < -0.3 is 9.32 Å². The largest absolute Gasteiger partial charge is 0.460 e. The van der Waals surface area contributed by atoms with Crippen LogP contribution in [0.15, 0.2) is 156 Å². The SMILES string of the molecule is CC1(C)c2ccccc2-c2ccc(N(c3ccc4c(c3)C3(CCc5ccccc53)c3ccccc3-4)c3ccccc3-c3cccc4c5c(oc34)CCCC5)cc21. The monoisotopic (exact) mass is 721 g/mol. The Morgan fingerprint density at radius 2 is 1.09 bits per heavy atom. The molecule has 0 bridgehead atoms. The number of para-hydroxylation sites is 2. The van der Waals surface area contributed by atoms with Gasteiger partial charge in [-0.1, -0.05) is 135 Å². The molecular formula is C54H43NO. The number of benzene rings is 7. The topological polar surface area (TPSA) is 16.4 Å². The van der Waals surface area contributed by atoms with E-state index in [0.717, 1.165) is 42.5 Å². The van der Waals surface area contributed by atoms with Gasteiger partial charge in [0.25, 0.3) is 0 Å². The molecule has 2 nitrogen and oxygen atoms in total. The van der Waals surface area contributed by atoms with E-state index in [1.807, 2.05) is 0 Å². The number of aryl methyl sites for hydroxylation is 3. The normalized spacial score (nSPS) is 18.0. The highest BCUT2D eigenvalue weighted by molar-refractivity contribution is 6.01. The first-order chi connectivity index (χ1) is 27.5. The Bertz CT molecular complexity index is 2920. The zero-order chi connectivity index (χ0) is 37.2. The lowest BCUT2D eigenvalue weighted by atomic mass is 9.73. The van der Waals surface area contributed by atoms with Crippen LogP contribution in [-0.2, 0) is 30.1 Å². The zero-order valence-corrected chi connectivity index (χ0v) is 32.0. The van der Waals surface area contributed by atoms with Gasteiger partial charge in [-0.25, -0.2) is 0 Å². The second kappa shape index (κ2) is 11.7. The molecule has 4 aliphatic carbocycles. The molecule has 1 unspecified atom stereocenters. The zero-order valence-electron chi connectivity index (χ0n) is 32.0. The predicted octanol–water partition coefficient (Wildman–Crippen LogP) is 14.0. The van der Waals surface area contributed by atoms with Gasteiger partial charge in [0.15, 0.2) is 0 Å². The maximum absolute atomic E-state index is 6.82. The van der Waals surface area contributed by atoms with Gasteiger partial charge in [0.2, 0.25) is 0 Å². The van der Waals surface area contributed by atoms with E-state index in [9.17, 15) is 0 Å². The fourth-order valence-electron chi connectivity index (χ4n) is 11.3. The molecule has 270 valence electrons. The van der Waals surface area contributed by atoms with Crippen LogP contribution in [0.2, 0.25) is 0 Å². The minimum atomic E-state index is -0.176. The van der Waals surface area contributed by atoms with Crippen LogP contribution in [0.4, 0.5) is 17.1 Å². The molecule has 7 aromatic carbocycles. The molecule has 0 saturated heterocycles. The summed E-state index contributed by atoms with van der Waals surface area (Å²) in [7, 11) is 0. The predicted molar refractivity (Wildman–Crippen MR) is 231 cm³/mol. The molecule has 8 aromatic rings. The van der Waals surface area contributed by atoms with Crippen molar-refractivity contribution in [1.82, 2.24) is 0 Å². The summed E-state index contributed by atoms with van der Waals surface area (Å²) in [6, 6.07) is 57.5. The molecule has 1 spiro atoms. The van der Waals surface area contributed by atoms with E-state index in [4.69, 9.17) is 4.42 Å². The number of hydrogen-bond donors (Lipinski definition) is 0. The summed E-state index contributed by atoms with van der Waals surface area (Å²) in [5.74, 6) is 1.17. The highest BCUT2D eigenvalue weighted by Crippen LogP contribution is 2.60. The molecular weight excluding hydrogens is 679 g/mol. The number of nitrogens with zero attached hydrogens (tertiary/aromatic N) is 1. The molecule has 0 radical (unpaired) electrons. The van der Waals surface area contributed by atoms with Crippen LogP contribution in [0.3, 0.4) is 0 Å². The number of fused-ring (bicyclic) bond motifs is 13. The number of hydrogen-bond acceptors (Lipinski definition) is 2. The van der Waals surface area contributed by atoms with Crippen molar-refractivity contribution in [2.45, 2.75) is 63.2 Å². The quantitative estimate of drug-likeness (QED) is 0.180. The third kappa shape index (κ3) is 4.28. The molecule has 12 rings (SSSR count). The molecule has 0 aliphatic heterocycles. The van der Waals surface area contributed by atoms with Gasteiger partial charge >= 0.3 is 0 Å². The summed E-state index contributed by atoms with van der Waals surface area (Å²) < 4.78 is 6.82. The fraction of sp³-hybridized carbons (Fsp3) is 0.185. The van der Waals surface area contributed by atoms with Crippen molar-refractivity contribution >= 4 is 28.0 Å². The minimum Gasteiger partial charge on any atom is -0.460 e. The van der Waals surface area contributed by atoms with Crippen molar-refractivity contribution in [3.8, 4) is 33.4 Å². The van der Waals surface area contributed by atoms with Crippen molar-refractivity contribution in [2.75, 3.05) is 4.90 Å². The summed E-state index contributed by atoms with van der Waals surface area (Å²) in [5, 5.41) is 1.27. The van der Waals surface area contributed by atoms with Gasteiger partial charge in [-0.2, -0.15) is 0 Å². The fourth-order valence-corrected chi connectivity index (χ4v) is 11.3. The highest BCUT2D eigenvalue weighted by atomic mass is 16.3. The van der Waals surface area contributed by atoms with Gasteiger partial charge in [0.05, 0.1) is 5.69 Å². The number of rotatable bonds is 4. The first-order valence-electron chi connectivity index (χ1n) is 20.5. The van der Waals surface area contributed by atoms with E-state index in [2.05, 4.69) is 170 Å². The van der Waals surface area contributed by atoms with E-state index in [-0.39, 0.29) is 10.8 Å². The average molecular weight is 722 g/mol. The lowest BCUT2D eigenvalue weighted by molar-refractivity contribution is 0.506. The molecule has 0 fully saturated rings.